The van der Waals surface area contributed by atoms with Gasteiger partial charge in [0.25, 0.3) is 0 Å². The van der Waals surface area contributed by atoms with Crippen LogP contribution in [0.25, 0.3) is 21.8 Å². The molecule has 1 fully saturated rings. The Balaban J connectivity index is 1.12. The predicted molar refractivity (Wildman–Crippen MR) is 135 cm³/mol. The van der Waals surface area contributed by atoms with Crippen LogP contribution in [0.4, 0.5) is 0 Å². The summed E-state index contributed by atoms with van der Waals surface area (Å²) in [6.07, 6.45) is -0.402. The summed E-state index contributed by atoms with van der Waals surface area (Å²) in [5.41, 5.74) is 3.63. The van der Waals surface area contributed by atoms with Gasteiger partial charge in [0, 0.05) is 61.1 Å². The van der Waals surface area contributed by atoms with Crippen LogP contribution in [0, 0.1) is 6.92 Å². The highest BCUT2D eigenvalue weighted by atomic mass is 16.5. The third-order valence-corrected chi connectivity index (χ3v) is 6.70. The van der Waals surface area contributed by atoms with E-state index in [1.54, 1.807) is 0 Å². The molecule has 33 heavy (non-hydrogen) atoms. The second-order valence-electron chi connectivity index (χ2n) is 9.10. The van der Waals surface area contributed by atoms with Gasteiger partial charge >= 0.3 is 0 Å². The number of hydrogen-bond acceptors (Lipinski definition) is 4. The van der Waals surface area contributed by atoms with E-state index >= 15 is 0 Å². The first-order valence-electron chi connectivity index (χ1n) is 12.0. The van der Waals surface area contributed by atoms with Gasteiger partial charge in [-0.3, -0.25) is 9.80 Å². The number of rotatable bonds is 8. The number of aliphatic hydroxyl groups excluding tert-OH is 1. The second-order valence-corrected chi connectivity index (χ2v) is 9.10. The number of para-hydroxylation sites is 2. The second kappa shape index (κ2) is 9.96. The third-order valence-electron chi connectivity index (χ3n) is 6.70. The molecule has 5 heteroatoms. The van der Waals surface area contributed by atoms with Crippen molar-refractivity contribution in [2.75, 3.05) is 45.9 Å². The van der Waals surface area contributed by atoms with E-state index in [2.05, 4.69) is 82.0 Å². The summed E-state index contributed by atoms with van der Waals surface area (Å²) in [5.74, 6) is 0.937. The topological polar surface area (TPSA) is 40.9 Å². The zero-order chi connectivity index (χ0) is 22.6. The Kier molecular flexibility index (Phi) is 6.63. The van der Waals surface area contributed by atoms with Crippen LogP contribution in [0.2, 0.25) is 0 Å². The van der Waals surface area contributed by atoms with Gasteiger partial charge in [-0.05, 0) is 31.2 Å². The molecule has 172 valence electrons. The molecule has 1 saturated heterocycles. The van der Waals surface area contributed by atoms with Gasteiger partial charge in [-0.25, -0.2) is 0 Å². The first-order chi connectivity index (χ1) is 16.2. The van der Waals surface area contributed by atoms with E-state index < -0.39 is 6.10 Å². The van der Waals surface area contributed by atoms with Crippen LogP contribution in [0.1, 0.15) is 5.56 Å². The Morgan fingerprint density at radius 1 is 0.758 bits per heavy atom. The van der Waals surface area contributed by atoms with Crippen molar-refractivity contribution < 1.29 is 9.84 Å². The maximum absolute atomic E-state index is 10.9. The molecular weight excluding hydrogens is 410 g/mol. The van der Waals surface area contributed by atoms with Crippen molar-refractivity contribution in [2.45, 2.75) is 19.6 Å². The summed E-state index contributed by atoms with van der Waals surface area (Å²) in [6, 6.07) is 25.2. The van der Waals surface area contributed by atoms with Gasteiger partial charge in [0.1, 0.15) is 12.4 Å². The Labute approximate surface area is 195 Å². The SMILES string of the molecule is Cc1ccc(OCCN2CCN(C[C@H](O)Cn3c4ccccc4c4ccccc43)CC2)cc1. The monoisotopic (exact) mass is 443 g/mol. The molecule has 4 aromatic rings. The lowest BCUT2D eigenvalue weighted by Crippen LogP contribution is -2.49. The Morgan fingerprint density at radius 3 is 1.97 bits per heavy atom. The molecule has 0 unspecified atom stereocenters. The number of piperazine rings is 1. The predicted octanol–water partition coefficient (Wildman–Crippen LogP) is 4.16. The van der Waals surface area contributed by atoms with Crippen molar-refractivity contribution in [3.05, 3.63) is 78.4 Å². The molecule has 0 saturated carbocycles. The van der Waals surface area contributed by atoms with Crippen molar-refractivity contribution in [1.82, 2.24) is 14.4 Å². The highest BCUT2D eigenvalue weighted by Gasteiger charge is 2.20. The molecule has 0 spiro atoms. The lowest BCUT2D eigenvalue weighted by atomic mass is 10.2. The van der Waals surface area contributed by atoms with E-state index in [1.807, 2.05) is 12.1 Å². The minimum atomic E-state index is -0.402. The molecule has 1 atom stereocenters. The van der Waals surface area contributed by atoms with Gasteiger partial charge in [-0.1, -0.05) is 54.1 Å². The number of β-amino-alcohol motifs (C(OH)–C–C–N with tert-alkyl or cyclic N) is 1. The van der Waals surface area contributed by atoms with Crippen LogP contribution in [0.5, 0.6) is 5.75 Å². The van der Waals surface area contributed by atoms with E-state index in [0.29, 0.717) is 19.7 Å². The van der Waals surface area contributed by atoms with Gasteiger partial charge < -0.3 is 14.4 Å². The molecule has 5 nitrogen and oxygen atoms in total. The van der Waals surface area contributed by atoms with Crippen LogP contribution in [0.3, 0.4) is 0 Å². The molecule has 0 radical (unpaired) electrons. The first kappa shape index (κ1) is 22.0. The van der Waals surface area contributed by atoms with Crippen molar-refractivity contribution in [2.24, 2.45) is 0 Å². The van der Waals surface area contributed by atoms with Crippen LogP contribution >= 0.6 is 0 Å². The third kappa shape index (κ3) is 5.06. The van der Waals surface area contributed by atoms with E-state index in [9.17, 15) is 5.11 Å². The number of benzene rings is 3. The summed E-state index contributed by atoms with van der Waals surface area (Å²) < 4.78 is 8.16. The molecule has 0 aliphatic carbocycles. The van der Waals surface area contributed by atoms with Gasteiger partial charge in [-0.2, -0.15) is 0 Å². The number of aliphatic hydroxyl groups is 1. The molecule has 1 aromatic heterocycles. The highest BCUT2D eigenvalue weighted by Crippen LogP contribution is 2.29. The molecule has 3 aromatic carbocycles. The van der Waals surface area contributed by atoms with Crippen molar-refractivity contribution >= 4 is 21.8 Å². The maximum Gasteiger partial charge on any atom is 0.119 e. The van der Waals surface area contributed by atoms with Gasteiger partial charge in [-0.15, -0.1) is 0 Å². The minimum Gasteiger partial charge on any atom is -0.492 e. The molecule has 5 rings (SSSR count). The van der Waals surface area contributed by atoms with Crippen molar-refractivity contribution in [1.29, 1.82) is 0 Å². The summed E-state index contributed by atoms with van der Waals surface area (Å²) in [7, 11) is 0. The van der Waals surface area contributed by atoms with Crippen LogP contribution < -0.4 is 4.74 Å². The lowest BCUT2D eigenvalue weighted by Gasteiger charge is -2.35. The molecular formula is C28H33N3O2. The normalized spacial score (nSPS) is 16.4. The number of fused-ring (bicyclic) bond motifs is 3. The van der Waals surface area contributed by atoms with Crippen LogP contribution in [-0.4, -0.2) is 71.5 Å². The number of nitrogens with zero attached hydrogens (tertiary/aromatic N) is 3. The quantitative estimate of drug-likeness (QED) is 0.444. The van der Waals surface area contributed by atoms with E-state index in [4.69, 9.17) is 4.74 Å². The Morgan fingerprint density at radius 2 is 1.33 bits per heavy atom. The van der Waals surface area contributed by atoms with Crippen LogP contribution in [-0.2, 0) is 6.54 Å². The van der Waals surface area contributed by atoms with Crippen molar-refractivity contribution in [3.8, 4) is 5.75 Å². The molecule has 1 aliphatic rings. The highest BCUT2D eigenvalue weighted by molar-refractivity contribution is 6.07. The average molecular weight is 444 g/mol. The fourth-order valence-corrected chi connectivity index (χ4v) is 4.89. The zero-order valence-corrected chi connectivity index (χ0v) is 19.4. The van der Waals surface area contributed by atoms with E-state index in [0.717, 1.165) is 38.5 Å². The van der Waals surface area contributed by atoms with E-state index in [-0.39, 0.29) is 0 Å². The molecule has 2 heterocycles. The van der Waals surface area contributed by atoms with Crippen LogP contribution in [0.15, 0.2) is 72.8 Å². The molecule has 1 aliphatic heterocycles. The fraction of sp³-hybridized carbons (Fsp3) is 0.357. The molecule has 1 N–H and O–H groups in total. The van der Waals surface area contributed by atoms with Gasteiger partial charge in [0.2, 0.25) is 0 Å². The summed E-state index contributed by atoms with van der Waals surface area (Å²) >= 11 is 0. The number of ether oxygens (including phenoxy) is 1. The van der Waals surface area contributed by atoms with E-state index in [1.165, 1.54) is 27.4 Å². The summed E-state index contributed by atoms with van der Waals surface area (Å²) in [6.45, 7) is 9.03. The fourth-order valence-electron chi connectivity index (χ4n) is 4.89. The Bertz CT molecular complexity index is 1140. The number of hydrogen-bond donors (Lipinski definition) is 1. The average Bonchev–Trinajstić information content (AvgIpc) is 3.15. The largest absolute Gasteiger partial charge is 0.492 e. The standard InChI is InChI=1S/C28H33N3O2/c1-22-10-12-24(13-11-22)33-19-18-29-14-16-30(17-15-29)20-23(32)21-31-27-8-4-2-6-25(27)26-7-3-5-9-28(26)31/h2-13,23,32H,14-21H2,1H3/t23-/m0/s1. The van der Waals surface area contributed by atoms with Gasteiger partial charge in [0.05, 0.1) is 12.6 Å². The number of aryl methyl sites for hydroxylation is 1. The smallest absolute Gasteiger partial charge is 0.119 e. The zero-order valence-electron chi connectivity index (χ0n) is 19.4. The minimum absolute atomic E-state index is 0.402. The van der Waals surface area contributed by atoms with Gasteiger partial charge in [0.15, 0.2) is 0 Å². The Hall–Kier alpha value is -2.86. The summed E-state index contributed by atoms with van der Waals surface area (Å²) in [5, 5.41) is 13.5. The molecule has 0 amide bonds. The number of aromatic nitrogens is 1. The summed E-state index contributed by atoms with van der Waals surface area (Å²) in [4.78, 5) is 4.83. The van der Waals surface area contributed by atoms with Crippen molar-refractivity contribution in [3.63, 3.8) is 0 Å². The maximum atomic E-state index is 10.9. The first-order valence-corrected chi connectivity index (χ1v) is 12.0. The lowest BCUT2D eigenvalue weighted by molar-refractivity contribution is 0.0614. The molecule has 0 bridgehead atoms.